The van der Waals surface area contributed by atoms with Crippen molar-refractivity contribution >= 4 is 5.91 Å². The minimum absolute atomic E-state index is 0.324. The monoisotopic (exact) mass is 328 g/mol. The van der Waals surface area contributed by atoms with Crippen LogP contribution in [0.4, 0.5) is 8.78 Å². The van der Waals surface area contributed by atoms with E-state index in [9.17, 15) is 13.6 Å². The molecule has 2 aromatic carbocycles. The first-order valence-corrected chi connectivity index (χ1v) is 7.31. The van der Waals surface area contributed by atoms with Gasteiger partial charge < -0.3 is 9.73 Å². The van der Waals surface area contributed by atoms with Gasteiger partial charge in [0.15, 0.2) is 5.76 Å². The molecule has 0 saturated heterocycles. The van der Waals surface area contributed by atoms with Crippen LogP contribution in [0, 0.1) is 11.6 Å². The Morgan fingerprint density at radius 3 is 2.25 bits per heavy atom. The van der Waals surface area contributed by atoms with E-state index in [1.165, 1.54) is 42.6 Å². The molecule has 0 spiro atoms. The molecule has 1 heterocycles. The van der Waals surface area contributed by atoms with Gasteiger partial charge in [0.2, 0.25) is 5.89 Å². The number of nitrogens with one attached hydrogen (secondary N) is 1. The number of aromatic nitrogens is 1. The van der Waals surface area contributed by atoms with E-state index in [1.54, 1.807) is 19.1 Å². The third-order valence-electron chi connectivity index (χ3n) is 3.48. The molecule has 1 N–H and O–H groups in total. The average molecular weight is 328 g/mol. The fourth-order valence-corrected chi connectivity index (χ4v) is 2.18. The van der Waals surface area contributed by atoms with Gasteiger partial charge in [-0.2, -0.15) is 0 Å². The van der Waals surface area contributed by atoms with E-state index in [2.05, 4.69) is 10.3 Å². The number of hydrogen-bond donors (Lipinski definition) is 1. The normalized spacial score (nSPS) is 12.0. The molecule has 1 aromatic heterocycles. The van der Waals surface area contributed by atoms with Crippen LogP contribution in [0.25, 0.3) is 11.3 Å². The molecule has 3 rings (SSSR count). The molecule has 0 fully saturated rings. The van der Waals surface area contributed by atoms with E-state index in [0.29, 0.717) is 22.8 Å². The zero-order valence-corrected chi connectivity index (χ0v) is 12.8. The van der Waals surface area contributed by atoms with Crippen LogP contribution in [0.5, 0.6) is 0 Å². The smallest absolute Gasteiger partial charge is 0.251 e. The van der Waals surface area contributed by atoms with E-state index in [-0.39, 0.29) is 11.7 Å². The van der Waals surface area contributed by atoms with Crippen LogP contribution in [0.1, 0.15) is 29.2 Å². The second kappa shape index (κ2) is 6.62. The summed E-state index contributed by atoms with van der Waals surface area (Å²) < 4.78 is 31.5. The lowest BCUT2D eigenvalue weighted by Crippen LogP contribution is -2.26. The van der Waals surface area contributed by atoms with Crippen molar-refractivity contribution in [2.75, 3.05) is 0 Å². The van der Waals surface area contributed by atoms with Crippen molar-refractivity contribution in [3.63, 3.8) is 0 Å². The van der Waals surface area contributed by atoms with E-state index in [4.69, 9.17) is 4.42 Å². The molecule has 4 nitrogen and oxygen atoms in total. The summed E-state index contributed by atoms with van der Waals surface area (Å²) in [5.41, 5.74) is 1.03. The van der Waals surface area contributed by atoms with Crippen molar-refractivity contribution in [2.45, 2.75) is 13.0 Å². The predicted octanol–water partition coefficient (Wildman–Crippen LogP) is 4.11. The lowest BCUT2D eigenvalue weighted by Gasteiger charge is -2.10. The molecule has 1 atom stereocenters. The van der Waals surface area contributed by atoms with Crippen molar-refractivity contribution in [1.82, 2.24) is 10.3 Å². The van der Waals surface area contributed by atoms with Gasteiger partial charge in [0.05, 0.1) is 6.20 Å². The van der Waals surface area contributed by atoms with Gasteiger partial charge in [0, 0.05) is 11.1 Å². The Morgan fingerprint density at radius 1 is 1.04 bits per heavy atom. The van der Waals surface area contributed by atoms with E-state index in [0.717, 1.165) is 0 Å². The first-order chi connectivity index (χ1) is 11.5. The molecule has 0 aliphatic heterocycles. The summed E-state index contributed by atoms with van der Waals surface area (Å²) >= 11 is 0. The molecule has 1 amide bonds. The number of halogens is 2. The molecule has 24 heavy (non-hydrogen) atoms. The predicted molar refractivity (Wildman–Crippen MR) is 84.2 cm³/mol. The van der Waals surface area contributed by atoms with Gasteiger partial charge in [0.25, 0.3) is 5.91 Å². The Balaban J connectivity index is 1.71. The summed E-state index contributed by atoms with van der Waals surface area (Å²) in [6.45, 7) is 1.72. The molecule has 1 unspecified atom stereocenters. The number of hydrogen-bond acceptors (Lipinski definition) is 3. The largest absolute Gasteiger partial charge is 0.438 e. The number of nitrogens with zero attached hydrogens (tertiary/aromatic N) is 1. The third kappa shape index (κ3) is 3.48. The second-order valence-corrected chi connectivity index (χ2v) is 5.27. The number of benzene rings is 2. The number of carbonyl (C=O) groups is 1. The molecular formula is C18H14F2N2O2. The van der Waals surface area contributed by atoms with E-state index < -0.39 is 11.9 Å². The summed E-state index contributed by atoms with van der Waals surface area (Å²) in [5, 5.41) is 2.73. The molecule has 0 saturated carbocycles. The Morgan fingerprint density at radius 2 is 1.62 bits per heavy atom. The number of oxazole rings is 1. The van der Waals surface area contributed by atoms with Crippen molar-refractivity contribution in [1.29, 1.82) is 0 Å². The highest BCUT2D eigenvalue weighted by atomic mass is 19.1. The molecule has 122 valence electrons. The van der Waals surface area contributed by atoms with Crippen molar-refractivity contribution in [3.05, 3.63) is 77.8 Å². The van der Waals surface area contributed by atoms with Gasteiger partial charge in [-0.25, -0.2) is 13.8 Å². The first-order valence-electron chi connectivity index (χ1n) is 7.31. The van der Waals surface area contributed by atoms with Gasteiger partial charge in [-0.3, -0.25) is 4.79 Å². The topological polar surface area (TPSA) is 55.1 Å². The molecule has 6 heteroatoms. The lowest BCUT2D eigenvalue weighted by molar-refractivity contribution is 0.0934. The second-order valence-electron chi connectivity index (χ2n) is 5.27. The molecule has 3 aromatic rings. The summed E-state index contributed by atoms with van der Waals surface area (Å²) in [7, 11) is 0. The van der Waals surface area contributed by atoms with E-state index in [1.807, 2.05) is 0 Å². The highest BCUT2D eigenvalue weighted by Crippen LogP contribution is 2.23. The van der Waals surface area contributed by atoms with Crippen LogP contribution in [0.3, 0.4) is 0 Å². The Bertz CT molecular complexity index is 842. The number of amides is 1. The Labute approximate surface area is 137 Å². The minimum atomic E-state index is -0.475. The molecule has 0 aliphatic carbocycles. The average Bonchev–Trinajstić information content (AvgIpc) is 3.06. The fourth-order valence-electron chi connectivity index (χ4n) is 2.18. The SMILES string of the molecule is CC(NC(=O)c1ccc(F)cc1)c1ncc(-c2ccc(F)cc2)o1. The van der Waals surface area contributed by atoms with Crippen LogP contribution in [0.2, 0.25) is 0 Å². The van der Waals surface area contributed by atoms with Crippen molar-refractivity contribution in [2.24, 2.45) is 0 Å². The zero-order chi connectivity index (χ0) is 17.1. The molecular weight excluding hydrogens is 314 g/mol. The molecule has 0 aliphatic rings. The maximum atomic E-state index is 12.9. The van der Waals surface area contributed by atoms with Gasteiger partial charge in [-0.05, 0) is 55.5 Å². The maximum Gasteiger partial charge on any atom is 0.251 e. The van der Waals surface area contributed by atoms with E-state index >= 15 is 0 Å². The number of carbonyl (C=O) groups excluding carboxylic acids is 1. The zero-order valence-electron chi connectivity index (χ0n) is 12.8. The lowest BCUT2D eigenvalue weighted by atomic mass is 10.2. The van der Waals surface area contributed by atoms with Crippen LogP contribution < -0.4 is 5.32 Å². The van der Waals surface area contributed by atoms with Crippen LogP contribution in [-0.2, 0) is 0 Å². The first kappa shape index (κ1) is 15.9. The third-order valence-corrected chi connectivity index (χ3v) is 3.48. The quantitative estimate of drug-likeness (QED) is 0.784. The minimum Gasteiger partial charge on any atom is -0.438 e. The van der Waals surface area contributed by atoms with Gasteiger partial charge >= 0.3 is 0 Å². The fraction of sp³-hybridized carbons (Fsp3) is 0.111. The van der Waals surface area contributed by atoms with Gasteiger partial charge in [-0.1, -0.05) is 0 Å². The van der Waals surface area contributed by atoms with Gasteiger partial charge in [0.1, 0.15) is 17.7 Å². The summed E-state index contributed by atoms with van der Waals surface area (Å²) in [6, 6.07) is 10.6. The van der Waals surface area contributed by atoms with Crippen LogP contribution in [-0.4, -0.2) is 10.9 Å². The molecule has 0 bridgehead atoms. The standard InChI is InChI=1S/C18H14F2N2O2/c1-11(22-17(23)13-4-8-15(20)9-5-13)18-21-10-16(24-18)12-2-6-14(19)7-3-12/h2-11H,1H3,(H,22,23). The maximum absolute atomic E-state index is 12.9. The highest BCUT2D eigenvalue weighted by molar-refractivity contribution is 5.94. The van der Waals surface area contributed by atoms with Gasteiger partial charge in [-0.15, -0.1) is 0 Å². The van der Waals surface area contributed by atoms with Crippen LogP contribution >= 0.6 is 0 Å². The van der Waals surface area contributed by atoms with Crippen LogP contribution in [0.15, 0.2) is 59.1 Å². The summed E-state index contributed by atoms with van der Waals surface area (Å²) in [4.78, 5) is 16.2. The number of rotatable bonds is 4. The van der Waals surface area contributed by atoms with Crippen molar-refractivity contribution in [3.8, 4) is 11.3 Å². The highest BCUT2D eigenvalue weighted by Gasteiger charge is 2.17. The summed E-state index contributed by atoms with van der Waals surface area (Å²) in [5.74, 6) is -0.295. The summed E-state index contributed by atoms with van der Waals surface area (Å²) in [6.07, 6.45) is 1.52. The van der Waals surface area contributed by atoms with Crippen molar-refractivity contribution < 1.29 is 18.0 Å². The Kier molecular flexibility index (Phi) is 4.37. The Hall–Kier alpha value is -3.02. The molecule has 0 radical (unpaired) electrons.